The van der Waals surface area contributed by atoms with Crippen LogP contribution < -0.4 is 10.6 Å². The van der Waals surface area contributed by atoms with E-state index in [1.807, 2.05) is 4.90 Å². The number of hydrogen-bond donors (Lipinski definition) is 2. The Balaban J connectivity index is 0.00000320. The number of halogens is 1. The molecule has 2 unspecified atom stereocenters. The van der Waals surface area contributed by atoms with E-state index in [1.54, 1.807) is 0 Å². The molecule has 1 amide bonds. The molecule has 1 saturated carbocycles. The van der Waals surface area contributed by atoms with Crippen LogP contribution in [0.2, 0.25) is 0 Å². The molecule has 5 nitrogen and oxygen atoms in total. The normalized spacial score (nSPS) is 22.0. The summed E-state index contributed by atoms with van der Waals surface area (Å²) >= 11 is 2.09. The van der Waals surface area contributed by atoms with E-state index in [9.17, 15) is 4.79 Å². The van der Waals surface area contributed by atoms with Crippen LogP contribution in [0, 0.1) is 0 Å². The molecule has 1 saturated heterocycles. The number of likely N-dealkylation sites (tertiary alicyclic amines) is 1. The van der Waals surface area contributed by atoms with Gasteiger partial charge in [0.05, 0.1) is 6.54 Å². The molecule has 0 bridgehead atoms. The zero-order chi connectivity index (χ0) is 20.5. The van der Waals surface area contributed by atoms with Gasteiger partial charge in [0.25, 0.3) is 0 Å². The summed E-state index contributed by atoms with van der Waals surface area (Å²) in [5.41, 5.74) is 2.38. The smallest absolute Gasteiger partial charge is 0.222 e. The molecule has 168 valence electrons. The third-order valence-electron chi connectivity index (χ3n) is 5.67. The van der Waals surface area contributed by atoms with Gasteiger partial charge in [0.2, 0.25) is 5.91 Å². The van der Waals surface area contributed by atoms with Crippen LogP contribution in [-0.2, 0) is 17.9 Å². The average Bonchev–Trinajstić information content (AvgIpc) is 3.12. The number of aliphatic imine (C=N–C) groups is 1. The first-order chi connectivity index (χ1) is 14.2. The van der Waals surface area contributed by atoms with Gasteiger partial charge in [-0.25, -0.2) is 4.99 Å². The lowest BCUT2D eigenvalue weighted by Crippen LogP contribution is -2.45. The SMILES string of the molecule is CCNC(=NCc1cccc(CN2CCCC2=O)c1)NC1CCCC(SCC)C1.I. The summed E-state index contributed by atoms with van der Waals surface area (Å²) in [6.45, 7) is 7.48. The fraction of sp³-hybridized carbons (Fsp3) is 0.652. The van der Waals surface area contributed by atoms with Crippen LogP contribution in [-0.4, -0.2) is 46.9 Å². The van der Waals surface area contributed by atoms with Crippen LogP contribution in [0.3, 0.4) is 0 Å². The standard InChI is InChI=1S/C23H36N4OS.HI/c1-3-24-23(26-20-10-6-11-21(15-20)29-4-2)25-16-18-8-5-9-19(14-18)17-27-13-7-12-22(27)28;/h5,8-9,14,20-21H,3-4,6-7,10-13,15-17H2,1-2H3,(H2,24,25,26);1H. The minimum Gasteiger partial charge on any atom is -0.357 e. The van der Waals surface area contributed by atoms with Gasteiger partial charge in [-0.2, -0.15) is 11.8 Å². The molecule has 2 N–H and O–H groups in total. The van der Waals surface area contributed by atoms with E-state index in [0.717, 1.165) is 30.7 Å². The van der Waals surface area contributed by atoms with Crippen LogP contribution in [0.15, 0.2) is 29.3 Å². The second-order valence-electron chi connectivity index (χ2n) is 8.02. The summed E-state index contributed by atoms with van der Waals surface area (Å²) in [5, 5.41) is 7.85. The first-order valence-electron chi connectivity index (χ1n) is 11.2. The van der Waals surface area contributed by atoms with E-state index in [4.69, 9.17) is 4.99 Å². The van der Waals surface area contributed by atoms with Crippen molar-refractivity contribution in [3.05, 3.63) is 35.4 Å². The topological polar surface area (TPSA) is 56.7 Å². The molecule has 2 aliphatic rings. The van der Waals surface area contributed by atoms with Gasteiger partial charge in [-0.15, -0.1) is 24.0 Å². The van der Waals surface area contributed by atoms with Crippen molar-refractivity contribution in [1.29, 1.82) is 0 Å². The van der Waals surface area contributed by atoms with E-state index in [-0.39, 0.29) is 29.9 Å². The number of benzene rings is 1. The predicted molar refractivity (Wildman–Crippen MR) is 139 cm³/mol. The Labute approximate surface area is 203 Å². The van der Waals surface area contributed by atoms with Crippen molar-refractivity contribution in [3.63, 3.8) is 0 Å². The summed E-state index contributed by atoms with van der Waals surface area (Å²) in [4.78, 5) is 18.7. The summed E-state index contributed by atoms with van der Waals surface area (Å²) in [5.74, 6) is 2.39. The number of carbonyl (C=O) groups excluding carboxylic acids is 1. The number of nitrogens with zero attached hydrogens (tertiary/aromatic N) is 2. The van der Waals surface area contributed by atoms with Crippen molar-refractivity contribution in [1.82, 2.24) is 15.5 Å². The van der Waals surface area contributed by atoms with Crippen molar-refractivity contribution in [2.24, 2.45) is 4.99 Å². The number of hydrogen-bond acceptors (Lipinski definition) is 3. The first kappa shape index (κ1) is 25.3. The maximum absolute atomic E-state index is 11.9. The Morgan fingerprint density at radius 1 is 1.23 bits per heavy atom. The minimum absolute atomic E-state index is 0. The van der Waals surface area contributed by atoms with Crippen LogP contribution in [0.1, 0.15) is 63.5 Å². The molecule has 1 aliphatic heterocycles. The van der Waals surface area contributed by atoms with Gasteiger partial charge >= 0.3 is 0 Å². The van der Waals surface area contributed by atoms with E-state index < -0.39 is 0 Å². The van der Waals surface area contributed by atoms with Gasteiger partial charge in [-0.1, -0.05) is 37.6 Å². The molecule has 1 aromatic carbocycles. The third-order valence-corrected chi connectivity index (χ3v) is 6.90. The van der Waals surface area contributed by atoms with Gasteiger partial charge in [-0.05, 0) is 49.5 Å². The largest absolute Gasteiger partial charge is 0.357 e. The Kier molecular flexibility index (Phi) is 11.3. The maximum atomic E-state index is 11.9. The molecule has 0 radical (unpaired) electrons. The van der Waals surface area contributed by atoms with Crippen molar-refractivity contribution in [2.75, 3.05) is 18.8 Å². The molecule has 7 heteroatoms. The molecule has 1 heterocycles. The molecule has 2 atom stereocenters. The number of guanidine groups is 1. The van der Waals surface area contributed by atoms with Crippen molar-refractivity contribution in [2.45, 2.75) is 76.8 Å². The fourth-order valence-electron chi connectivity index (χ4n) is 4.26. The van der Waals surface area contributed by atoms with E-state index >= 15 is 0 Å². The minimum atomic E-state index is 0. The molecule has 1 aromatic rings. The van der Waals surface area contributed by atoms with Gasteiger partial charge in [-0.3, -0.25) is 4.79 Å². The molecule has 0 spiro atoms. The van der Waals surface area contributed by atoms with Crippen LogP contribution in [0.25, 0.3) is 0 Å². The summed E-state index contributed by atoms with van der Waals surface area (Å²) in [6, 6.07) is 9.01. The highest BCUT2D eigenvalue weighted by molar-refractivity contribution is 14.0. The lowest BCUT2D eigenvalue weighted by atomic mass is 9.95. The maximum Gasteiger partial charge on any atom is 0.222 e. The summed E-state index contributed by atoms with van der Waals surface area (Å²) < 4.78 is 0. The van der Waals surface area contributed by atoms with Crippen LogP contribution in [0.4, 0.5) is 0 Å². The Morgan fingerprint density at radius 2 is 2.07 bits per heavy atom. The molecular formula is C23H37IN4OS. The van der Waals surface area contributed by atoms with Gasteiger partial charge in [0.15, 0.2) is 5.96 Å². The van der Waals surface area contributed by atoms with E-state index in [0.29, 0.717) is 25.6 Å². The van der Waals surface area contributed by atoms with Crippen LogP contribution in [0.5, 0.6) is 0 Å². The summed E-state index contributed by atoms with van der Waals surface area (Å²) in [6.07, 6.45) is 6.77. The van der Waals surface area contributed by atoms with Gasteiger partial charge < -0.3 is 15.5 Å². The van der Waals surface area contributed by atoms with Crippen molar-refractivity contribution < 1.29 is 4.79 Å². The Bertz CT molecular complexity index is 698. The zero-order valence-corrected chi connectivity index (χ0v) is 21.5. The second kappa shape index (κ2) is 13.5. The van der Waals surface area contributed by atoms with Crippen molar-refractivity contribution in [3.8, 4) is 0 Å². The number of thioether (sulfide) groups is 1. The number of carbonyl (C=O) groups is 1. The van der Waals surface area contributed by atoms with Crippen LogP contribution >= 0.6 is 35.7 Å². The van der Waals surface area contributed by atoms with E-state index in [2.05, 4.69) is 60.5 Å². The quantitative estimate of drug-likeness (QED) is 0.287. The highest BCUT2D eigenvalue weighted by Crippen LogP contribution is 2.28. The average molecular weight is 545 g/mol. The number of rotatable bonds is 8. The Hall–Kier alpha value is -0.960. The predicted octanol–water partition coefficient (Wildman–Crippen LogP) is 4.55. The fourth-order valence-corrected chi connectivity index (χ4v) is 5.44. The second-order valence-corrected chi connectivity index (χ2v) is 9.60. The summed E-state index contributed by atoms with van der Waals surface area (Å²) in [7, 11) is 0. The van der Waals surface area contributed by atoms with Gasteiger partial charge in [0, 0.05) is 37.3 Å². The lowest BCUT2D eigenvalue weighted by molar-refractivity contribution is -0.128. The molecule has 2 fully saturated rings. The monoisotopic (exact) mass is 544 g/mol. The number of nitrogens with one attached hydrogen (secondary N) is 2. The molecular weight excluding hydrogens is 507 g/mol. The van der Waals surface area contributed by atoms with Crippen molar-refractivity contribution >= 4 is 47.6 Å². The third kappa shape index (κ3) is 7.94. The first-order valence-corrected chi connectivity index (χ1v) is 12.2. The molecule has 3 rings (SSSR count). The highest BCUT2D eigenvalue weighted by Gasteiger charge is 2.22. The van der Waals surface area contributed by atoms with E-state index in [1.165, 1.54) is 42.6 Å². The number of amides is 1. The Morgan fingerprint density at radius 3 is 2.80 bits per heavy atom. The molecule has 0 aromatic heterocycles. The lowest BCUT2D eigenvalue weighted by Gasteiger charge is -2.30. The highest BCUT2D eigenvalue weighted by atomic mass is 127. The molecule has 30 heavy (non-hydrogen) atoms. The van der Waals surface area contributed by atoms with Gasteiger partial charge in [0.1, 0.15) is 0 Å². The molecule has 1 aliphatic carbocycles. The zero-order valence-electron chi connectivity index (χ0n) is 18.4.